The Morgan fingerprint density at radius 1 is 1.46 bits per heavy atom. The average molecular weight is 363 g/mol. The van der Waals surface area contributed by atoms with Crippen molar-refractivity contribution in [3.05, 3.63) is 17.5 Å². The van der Waals surface area contributed by atoms with Gasteiger partial charge in [0.15, 0.2) is 0 Å². The molecule has 0 spiro atoms. The van der Waals surface area contributed by atoms with Gasteiger partial charge in [0.2, 0.25) is 11.1 Å². The highest BCUT2D eigenvalue weighted by molar-refractivity contribution is 8.00. The molecule has 0 saturated heterocycles. The molecule has 2 rings (SSSR count). The lowest BCUT2D eigenvalue weighted by atomic mass is 9.97. The summed E-state index contributed by atoms with van der Waals surface area (Å²) in [5.74, 6) is 3.79. The van der Waals surface area contributed by atoms with Gasteiger partial charge in [0.25, 0.3) is 5.82 Å². The van der Waals surface area contributed by atoms with Crippen LogP contribution in [0.2, 0.25) is 0 Å². The van der Waals surface area contributed by atoms with E-state index in [4.69, 9.17) is 5.84 Å². The number of carbonyl (C=O) groups excluding carboxylic acids is 1. The lowest BCUT2D eigenvalue weighted by Gasteiger charge is -2.14. The van der Waals surface area contributed by atoms with E-state index in [1.54, 1.807) is 6.92 Å². The number of carbonyl (C=O) groups is 1. The van der Waals surface area contributed by atoms with E-state index < -0.39 is 17.3 Å². The summed E-state index contributed by atoms with van der Waals surface area (Å²) in [4.78, 5) is 12.0. The Morgan fingerprint density at radius 2 is 2.21 bits per heavy atom. The van der Waals surface area contributed by atoms with E-state index in [9.17, 15) is 18.0 Å². The van der Waals surface area contributed by atoms with Crippen LogP contribution in [0.25, 0.3) is 0 Å². The number of amides is 1. The summed E-state index contributed by atoms with van der Waals surface area (Å²) in [5.41, 5.74) is 1.35. The van der Waals surface area contributed by atoms with E-state index in [-0.39, 0.29) is 11.1 Å². The van der Waals surface area contributed by atoms with Crippen molar-refractivity contribution in [1.82, 2.24) is 20.2 Å². The minimum atomic E-state index is -4.68. The molecule has 0 bridgehead atoms. The van der Waals surface area contributed by atoms with Crippen molar-refractivity contribution >= 4 is 17.7 Å². The van der Waals surface area contributed by atoms with Crippen molar-refractivity contribution in [3.63, 3.8) is 0 Å². The van der Waals surface area contributed by atoms with Gasteiger partial charge in [-0.25, -0.2) is 4.68 Å². The van der Waals surface area contributed by atoms with Gasteiger partial charge in [0, 0.05) is 6.54 Å². The molecule has 0 unspecified atom stereocenters. The van der Waals surface area contributed by atoms with Crippen molar-refractivity contribution < 1.29 is 18.0 Å². The molecule has 1 aliphatic carbocycles. The van der Waals surface area contributed by atoms with Crippen LogP contribution in [0.5, 0.6) is 0 Å². The predicted octanol–water partition coefficient (Wildman–Crippen LogP) is 2.50. The normalized spacial score (nSPS) is 16.6. The lowest BCUT2D eigenvalue weighted by molar-refractivity contribution is -0.146. The first-order valence-electron chi connectivity index (χ1n) is 7.69. The number of hydrogen-bond donors (Lipinski definition) is 2. The number of nitrogens with one attached hydrogen (secondary N) is 1. The molecule has 0 radical (unpaired) electrons. The van der Waals surface area contributed by atoms with Gasteiger partial charge in [-0.05, 0) is 39.0 Å². The third-order valence-electron chi connectivity index (χ3n) is 3.70. The van der Waals surface area contributed by atoms with E-state index in [0.29, 0.717) is 11.2 Å². The molecule has 1 heterocycles. The number of rotatable bonds is 6. The predicted molar refractivity (Wildman–Crippen MR) is 84.7 cm³/mol. The zero-order chi connectivity index (χ0) is 17.7. The number of nitrogen functional groups attached to an aromatic ring is 1. The van der Waals surface area contributed by atoms with E-state index in [1.165, 1.54) is 18.4 Å². The molecule has 10 heteroatoms. The zero-order valence-corrected chi connectivity index (χ0v) is 14.1. The molecular formula is C14H20F3N5OS. The number of nitrogens with two attached hydrogens (primary N) is 1. The Bertz CT molecular complexity index is 614. The lowest BCUT2D eigenvalue weighted by Crippen LogP contribution is -2.32. The highest BCUT2D eigenvalue weighted by Crippen LogP contribution is 2.30. The van der Waals surface area contributed by atoms with Crippen LogP contribution in [0.1, 0.15) is 44.9 Å². The second-order valence-electron chi connectivity index (χ2n) is 5.58. The summed E-state index contributed by atoms with van der Waals surface area (Å²) < 4.78 is 38.2. The molecular weight excluding hydrogens is 343 g/mol. The smallest absolute Gasteiger partial charge is 0.355 e. The van der Waals surface area contributed by atoms with Crippen molar-refractivity contribution in [2.45, 2.75) is 55.6 Å². The van der Waals surface area contributed by atoms with Crippen molar-refractivity contribution in [2.24, 2.45) is 0 Å². The maximum absolute atomic E-state index is 12.6. The Kier molecular flexibility index (Phi) is 6.14. The Morgan fingerprint density at radius 3 is 2.79 bits per heavy atom. The van der Waals surface area contributed by atoms with Crippen LogP contribution in [0.4, 0.5) is 13.2 Å². The molecule has 3 N–H and O–H groups in total. The van der Waals surface area contributed by atoms with Crippen LogP contribution in [0.15, 0.2) is 16.8 Å². The topological polar surface area (TPSA) is 85.8 Å². The van der Waals surface area contributed by atoms with Crippen LogP contribution < -0.4 is 11.2 Å². The van der Waals surface area contributed by atoms with Gasteiger partial charge in [0.1, 0.15) is 0 Å². The number of thioether (sulfide) groups is 1. The highest BCUT2D eigenvalue weighted by atomic mass is 32.2. The van der Waals surface area contributed by atoms with E-state index in [2.05, 4.69) is 21.6 Å². The Labute approximate surface area is 142 Å². The molecule has 134 valence electrons. The molecule has 1 aromatic heterocycles. The molecule has 0 saturated carbocycles. The van der Waals surface area contributed by atoms with Gasteiger partial charge >= 0.3 is 6.18 Å². The molecule has 1 amide bonds. The third-order valence-corrected chi connectivity index (χ3v) is 4.76. The molecule has 1 aromatic rings. The van der Waals surface area contributed by atoms with Crippen molar-refractivity contribution in [1.29, 1.82) is 0 Å². The number of nitrogens with zero attached hydrogens (tertiary/aromatic N) is 3. The maximum Gasteiger partial charge on any atom is 0.453 e. The third kappa shape index (κ3) is 4.89. The Hall–Kier alpha value is -1.71. The van der Waals surface area contributed by atoms with E-state index >= 15 is 0 Å². The van der Waals surface area contributed by atoms with Gasteiger partial charge < -0.3 is 11.2 Å². The fourth-order valence-corrected chi connectivity index (χ4v) is 3.18. The summed E-state index contributed by atoms with van der Waals surface area (Å²) >= 11 is 0.839. The van der Waals surface area contributed by atoms with E-state index in [1.807, 2.05) is 0 Å². The second kappa shape index (κ2) is 7.91. The fourth-order valence-electron chi connectivity index (χ4n) is 2.38. The number of aromatic nitrogens is 3. The van der Waals surface area contributed by atoms with Crippen LogP contribution in [0.3, 0.4) is 0 Å². The largest absolute Gasteiger partial charge is 0.453 e. The first-order valence-corrected chi connectivity index (χ1v) is 8.57. The van der Waals surface area contributed by atoms with Gasteiger partial charge in [-0.15, -0.1) is 10.2 Å². The maximum atomic E-state index is 12.6. The molecule has 0 aromatic carbocycles. The molecule has 6 nitrogen and oxygen atoms in total. The number of halogens is 3. The molecule has 1 aliphatic rings. The highest BCUT2D eigenvalue weighted by Gasteiger charge is 2.38. The molecule has 24 heavy (non-hydrogen) atoms. The van der Waals surface area contributed by atoms with Gasteiger partial charge in [0.05, 0.1) is 5.25 Å². The molecule has 1 atom stereocenters. The summed E-state index contributed by atoms with van der Waals surface area (Å²) in [5, 5.41) is 8.43. The van der Waals surface area contributed by atoms with Crippen molar-refractivity contribution in [2.75, 3.05) is 12.4 Å². The van der Waals surface area contributed by atoms with Crippen molar-refractivity contribution in [3.8, 4) is 0 Å². The van der Waals surface area contributed by atoms with Crippen LogP contribution >= 0.6 is 11.8 Å². The minimum absolute atomic E-state index is 0.153. The SMILES string of the molecule is C[C@@H](Sc1nnc(C(F)(F)F)n1N)C(=O)NCCC1=CCCCC1. The Balaban J connectivity index is 1.83. The number of hydrogen-bond acceptors (Lipinski definition) is 5. The van der Waals surface area contributed by atoms with Gasteiger partial charge in [-0.1, -0.05) is 23.4 Å². The van der Waals surface area contributed by atoms with Gasteiger partial charge in [-0.3, -0.25) is 4.79 Å². The fraction of sp³-hybridized carbons (Fsp3) is 0.643. The van der Waals surface area contributed by atoms with Crippen LogP contribution in [0, 0.1) is 0 Å². The first-order chi connectivity index (χ1) is 11.3. The van der Waals surface area contributed by atoms with Gasteiger partial charge in [-0.2, -0.15) is 13.2 Å². The first kappa shape index (κ1) is 18.6. The number of allylic oxidation sites excluding steroid dienone is 1. The quantitative estimate of drug-likeness (QED) is 0.461. The minimum Gasteiger partial charge on any atom is -0.355 e. The zero-order valence-electron chi connectivity index (χ0n) is 13.3. The summed E-state index contributed by atoms with van der Waals surface area (Å²) in [7, 11) is 0. The number of alkyl halides is 3. The summed E-state index contributed by atoms with van der Waals surface area (Å²) in [6, 6.07) is 0. The van der Waals surface area contributed by atoms with E-state index in [0.717, 1.165) is 31.0 Å². The van der Waals surface area contributed by atoms with Crippen LogP contribution in [-0.4, -0.2) is 32.6 Å². The summed E-state index contributed by atoms with van der Waals surface area (Å²) in [6.45, 7) is 2.10. The summed E-state index contributed by atoms with van der Waals surface area (Å²) in [6.07, 6.45) is 2.88. The standard InChI is InChI=1S/C14H20F3N5OS/c1-9(11(23)19-8-7-10-5-3-2-4-6-10)24-13-21-20-12(22(13)18)14(15,16)17/h5,9H,2-4,6-8,18H2,1H3,(H,19,23)/t9-/m1/s1. The average Bonchev–Trinajstić information content (AvgIpc) is 2.89. The molecule has 0 aliphatic heterocycles. The second-order valence-corrected chi connectivity index (χ2v) is 6.89. The molecule has 0 fully saturated rings. The monoisotopic (exact) mass is 363 g/mol. The van der Waals surface area contributed by atoms with Crippen LogP contribution in [-0.2, 0) is 11.0 Å².